The van der Waals surface area contributed by atoms with Crippen molar-refractivity contribution >= 4 is 31.8 Å². The van der Waals surface area contributed by atoms with Crippen molar-refractivity contribution in [3.8, 4) is 0 Å². The molecule has 0 unspecified atom stereocenters. The number of rotatable bonds is 2. The van der Waals surface area contributed by atoms with Crippen LogP contribution in [-0.2, 0) is 9.84 Å². The first kappa shape index (κ1) is 45.3. The van der Waals surface area contributed by atoms with Crippen LogP contribution in [0, 0.1) is 83.1 Å². The summed E-state index contributed by atoms with van der Waals surface area (Å²) in [5.41, 5.74) is 10.2. The standard InChI is InChI=1S/C14H14O2S.2C10H10N2.C7H10N2.C6H9N3/c1-11-3-7-13(8-4-11)17(15,16)14-9-5-12(2)6-10-14;1-7-9-5-3-4-6-10(9)12-8(2)11-7;1-7-8(2)12-10-6-4-3-5-9(10)11-7;1-5-4-6(2)9-7(3)8-5;1-4-7-5(2)9-6(3)8-4/h3-10H,1-2H3;2*3-6H,1-2H3;4H,1-3H3;1-3H3. The molecule has 0 aliphatic heterocycles. The molecule has 8 aromatic rings. The molecule has 11 nitrogen and oxygen atoms in total. The van der Waals surface area contributed by atoms with Crippen LogP contribution in [0.1, 0.15) is 68.7 Å². The van der Waals surface area contributed by atoms with E-state index in [9.17, 15) is 8.42 Å². The number of hydrogen-bond acceptors (Lipinski definition) is 11. The highest BCUT2D eigenvalue weighted by Crippen LogP contribution is 2.21. The molecule has 4 heterocycles. The van der Waals surface area contributed by atoms with Gasteiger partial charge in [-0.05, 0) is 132 Å². The number of nitrogens with zero attached hydrogens (tertiary/aromatic N) is 9. The molecule has 304 valence electrons. The Morgan fingerprint density at radius 2 is 0.695 bits per heavy atom. The van der Waals surface area contributed by atoms with E-state index < -0.39 is 9.84 Å². The number of sulfone groups is 1. The van der Waals surface area contributed by atoms with E-state index >= 15 is 0 Å². The first-order valence-electron chi connectivity index (χ1n) is 19.1. The van der Waals surface area contributed by atoms with Gasteiger partial charge in [0.25, 0.3) is 0 Å². The molecule has 0 amide bonds. The molecular weight excluding hydrogens is 755 g/mol. The lowest BCUT2D eigenvalue weighted by Gasteiger charge is -2.05. The third-order valence-electron chi connectivity index (χ3n) is 8.61. The summed E-state index contributed by atoms with van der Waals surface area (Å²) in [6.45, 7) is 23.2. The van der Waals surface area contributed by atoms with Gasteiger partial charge in [0.05, 0.1) is 37.7 Å². The molecule has 0 radical (unpaired) electrons. The summed E-state index contributed by atoms with van der Waals surface area (Å²) in [5, 5.41) is 1.14. The van der Waals surface area contributed by atoms with Gasteiger partial charge >= 0.3 is 0 Å². The fraction of sp³-hybridized carbons (Fsp3) is 0.255. The lowest BCUT2D eigenvalue weighted by molar-refractivity contribution is 0.596. The summed E-state index contributed by atoms with van der Waals surface area (Å²) in [6.07, 6.45) is 0. The Labute approximate surface area is 348 Å². The van der Waals surface area contributed by atoms with Crippen molar-refractivity contribution in [3.63, 3.8) is 0 Å². The van der Waals surface area contributed by atoms with Crippen LogP contribution in [0.3, 0.4) is 0 Å². The third kappa shape index (κ3) is 13.9. The Bertz CT molecular complexity index is 2510. The topological polar surface area (TPSA) is 150 Å². The van der Waals surface area contributed by atoms with E-state index in [0.717, 1.165) is 90.7 Å². The molecule has 0 saturated heterocycles. The van der Waals surface area contributed by atoms with E-state index in [0.29, 0.717) is 9.79 Å². The summed E-state index contributed by atoms with van der Waals surface area (Å²) in [4.78, 5) is 38.4. The quantitative estimate of drug-likeness (QED) is 0.164. The van der Waals surface area contributed by atoms with Crippen LogP contribution in [0.5, 0.6) is 0 Å². The molecule has 0 saturated carbocycles. The van der Waals surface area contributed by atoms with Crippen LogP contribution in [0.15, 0.2) is 113 Å². The number of para-hydroxylation sites is 3. The van der Waals surface area contributed by atoms with Crippen molar-refractivity contribution in [1.82, 2.24) is 44.9 Å². The number of fused-ring (bicyclic) bond motifs is 2. The van der Waals surface area contributed by atoms with Gasteiger partial charge in [-0.15, -0.1) is 0 Å². The van der Waals surface area contributed by atoms with E-state index in [4.69, 9.17) is 0 Å². The zero-order valence-corrected chi connectivity index (χ0v) is 36.9. The Kier molecular flexibility index (Phi) is 16.0. The second-order valence-corrected chi connectivity index (χ2v) is 16.0. The van der Waals surface area contributed by atoms with Gasteiger partial charge in [-0.25, -0.2) is 53.3 Å². The number of aryl methyl sites for hydroxylation is 12. The smallest absolute Gasteiger partial charge is 0.206 e. The minimum absolute atomic E-state index is 0.340. The second kappa shape index (κ2) is 20.9. The van der Waals surface area contributed by atoms with Gasteiger partial charge < -0.3 is 0 Å². The molecule has 0 bridgehead atoms. The predicted molar refractivity (Wildman–Crippen MR) is 236 cm³/mol. The van der Waals surface area contributed by atoms with Crippen molar-refractivity contribution in [2.45, 2.75) is 92.9 Å². The summed E-state index contributed by atoms with van der Waals surface area (Å²) in [5.74, 6) is 4.07. The third-order valence-corrected chi connectivity index (χ3v) is 10.4. The molecule has 0 aliphatic rings. The van der Waals surface area contributed by atoms with Gasteiger partial charge in [0.2, 0.25) is 9.84 Å². The maximum Gasteiger partial charge on any atom is 0.206 e. The molecule has 4 aromatic carbocycles. The van der Waals surface area contributed by atoms with Gasteiger partial charge in [-0.3, -0.25) is 0 Å². The Balaban J connectivity index is 0.000000166. The van der Waals surface area contributed by atoms with Crippen LogP contribution in [0.25, 0.3) is 21.9 Å². The minimum Gasteiger partial charge on any atom is -0.250 e. The molecule has 4 aromatic heterocycles. The zero-order chi connectivity index (χ0) is 43.3. The number of hydrogen-bond donors (Lipinski definition) is 0. The van der Waals surface area contributed by atoms with Gasteiger partial charge in [0.1, 0.15) is 29.1 Å². The summed E-state index contributed by atoms with van der Waals surface area (Å²) in [7, 11) is -3.37. The Morgan fingerprint density at radius 1 is 0.339 bits per heavy atom. The van der Waals surface area contributed by atoms with Crippen molar-refractivity contribution in [2.24, 2.45) is 0 Å². The van der Waals surface area contributed by atoms with E-state index in [1.54, 1.807) is 48.5 Å². The van der Waals surface area contributed by atoms with E-state index in [1.165, 1.54) is 0 Å². The largest absolute Gasteiger partial charge is 0.250 e. The monoisotopic (exact) mass is 807 g/mol. The molecule has 0 aliphatic carbocycles. The van der Waals surface area contributed by atoms with Crippen molar-refractivity contribution in [3.05, 3.63) is 172 Å². The summed E-state index contributed by atoms with van der Waals surface area (Å²) < 4.78 is 24.5. The highest BCUT2D eigenvalue weighted by atomic mass is 32.2. The van der Waals surface area contributed by atoms with Crippen molar-refractivity contribution in [2.75, 3.05) is 0 Å². The molecule has 0 spiro atoms. The van der Waals surface area contributed by atoms with Gasteiger partial charge in [-0.2, -0.15) is 0 Å². The SMILES string of the molecule is Cc1cc(C)nc(C)n1.Cc1ccc(S(=O)(=O)c2ccc(C)cc2)cc1.Cc1nc(C)c2ccccc2n1.Cc1nc(C)nc(C)n1.Cc1nc2ccccc2nc1C. The molecule has 12 heteroatoms. The first-order chi connectivity index (χ1) is 27.9. The van der Waals surface area contributed by atoms with Gasteiger partial charge in [0.15, 0.2) is 0 Å². The Hall–Kier alpha value is -6.40. The van der Waals surface area contributed by atoms with Gasteiger partial charge in [-0.1, -0.05) is 65.7 Å². The normalized spacial score (nSPS) is 10.5. The first-order valence-corrected chi connectivity index (χ1v) is 20.6. The van der Waals surface area contributed by atoms with E-state index in [1.807, 2.05) is 138 Å². The molecule has 0 atom stereocenters. The highest BCUT2D eigenvalue weighted by molar-refractivity contribution is 7.91. The fourth-order valence-corrected chi connectivity index (χ4v) is 7.07. The van der Waals surface area contributed by atoms with Crippen LogP contribution in [0.4, 0.5) is 0 Å². The average Bonchev–Trinajstić information content (AvgIpc) is 3.16. The Morgan fingerprint density at radius 3 is 1.10 bits per heavy atom. The van der Waals surface area contributed by atoms with Crippen molar-refractivity contribution < 1.29 is 8.42 Å². The fourth-order valence-electron chi connectivity index (χ4n) is 5.81. The molecule has 0 N–H and O–H groups in total. The molecule has 8 rings (SSSR count). The molecule has 0 fully saturated rings. The van der Waals surface area contributed by atoms with Crippen molar-refractivity contribution in [1.29, 1.82) is 0 Å². The minimum atomic E-state index is -3.37. The second-order valence-electron chi connectivity index (χ2n) is 14.1. The summed E-state index contributed by atoms with van der Waals surface area (Å²) >= 11 is 0. The van der Waals surface area contributed by atoms with Crippen LogP contribution in [0.2, 0.25) is 0 Å². The van der Waals surface area contributed by atoms with Gasteiger partial charge in [0, 0.05) is 22.5 Å². The van der Waals surface area contributed by atoms with E-state index in [-0.39, 0.29) is 0 Å². The lowest BCUT2D eigenvalue weighted by Crippen LogP contribution is -2.01. The lowest BCUT2D eigenvalue weighted by atomic mass is 10.2. The maximum absolute atomic E-state index is 12.3. The number of aromatic nitrogens is 9. The van der Waals surface area contributed by atoms with Crippen LogP contribution >= 0.6 is 0 Å². The predicted octanol–water partition coefficient (Wildman–Crippen LogP) is 9.83. The zero-order valence-electron chi connectivity index (χ0n) is 36.1. The number of benzene rings is 4. The highest BCUT2D eigenvalue weighted by Gasteiger charge is 2.16. The molecule has 59 heavy (non-hydrogen) atoms. The van der Waals surface area contributed by atoms with Crippen LogP contribution in [-0.4, -0.2) is 53.3 Å². The van der Waals surface area contributed by atoms with E-state index in [2.05, 4.69) is 44.9 Å². The molecular formula is C47H53N9O2S. The van der Waals surface area contributed by atoms with Crippen LogP contribution < -0.4 is 0 Å². The summed E-state index contributed by atoms with van der Waals surface area (Å²) in [6, 6.07) is 31.7. The maximum atomic E-state index is 12.3. The average molecular weight is 808 g/mol.